The molecule has 1 aliphatic heterocycles. The molecule has 0 amide bonds. The molecule has 0 unspecified atom stereocenters. The molecule has 1 saturated heterocycles. The van der Waals surface area contributed by atoms with Gasteiger partial charge in [0.05, 0.1) is 15.8 Å². The number of likely N-dealkylation sites (tertiary alicyclic amines) is 1. The molecule has 0 bridgehead atoms. The molecular weight excluding hydrogens is 268 g/mol. The van der Waals surface area contributed by atoms with Gasteiger partial charge in [0.1, 0.15) is 0 Å². The molecule has 1 aliphatic rings. The predicted octanol–water partition coefficient (Wildman–Crippen LogP) is 2.61. The van der Waals surface area contributed by atoms with E-state index in [-0.39, 0.29) is 5.78 Å². The van der Waals surface area contributed by atoms with Crippen molar-refractivity contribution in [2.75, 3.05) is 39.8 Å². The fourth-order valence-corrected chi connectivity index (χ4v) is 3.16. The maximum atomic E-state index is 12.0. The molecule has 3 nitrogen and oxygen atoms in total. The maximum Gasteiger partial charge on any atom is 0.186 e. The number of carbonyl (C=O) groups is 1. The van der Waals surface area contributed by atoms with Crippen molar-refractivity contribution in [3.8, 4) is 0 Å². The summed E-state index contributed by atoms with van der Waals surface area (Å²) in [5.41, 5.74) is 0. The quantitative estimate of drug-likeness (QED) is 0.751. The van der Waals surface area contributed by atoms with Crippen molar-refractivity contribution in [3.63, 3.8) is 0 Å². The fourth-order valence-electron chi connectivity index (χ4n) is 2.18. The van der Waals surface area contributed by atoms with Crippen LogP contribution in [0.4, 0.5) is 0 Å². The molecule has 0 saturated carbocycles. The van der Waals surface area contributed by atoms with Crippen LogP contribution >= 0.6 is 22.9 Å². The summed E-state index contributed by atoms with van der Waals surface area (Å²) in [7, 11) is 2.00. The van der Waals surface area contributed by atoms with E-state index in [1.54, 1.807) is 6.07 Å². The van der Waals surface area contributed by atoms with Gasteiger partial charge in [0.25, 0.3) is 0 Å². The van der Waals surface area contributed by atoms with Crippen molar-refractivity contribution in [3.05, 3.63) is 21.3 Å². The Hall–Kier alpha value is -0.420. The van der Waals surface area contributed by atoms with E-state index in [0.29, 0.717) is 10.9 Å². The lowest BCUT2D eigenvalue weighted by molar-refractivity contribution is 0.0945. The highest BCUT2D eigenvalue weighted by Gasteiger charge is 2.14. The van der Waals surface area contributed by atoms with Gasteiger partial charge >= 0.3 is 0 Å². The average Bonchev–Trinajstić information content (AvgIpc) is 2.97. The van der Waals surface area contributed by atoms with Crippen molar-refractivity contribution in [1.82, 2.24) is 9.80 Å². The van der Waals surface area contributed by atoms with Crippen LogP contribution in [0.5, 0.6) is 0 Å². The van der Waals surface area contributed by atoms with Crippen molar-refractivity contribution < 1.29 is 4.79 Å². The lowest BCUT2D eigenvalue weighted by Gasteiger charge is -2.20. The molecule has 2 rings (SSSR count). The Balaban J connectivity index is 1.73. The van der Waals surface area contributed by atoms with E-state index in [1.807, 2.05) is 13.1 Å². The van der Waals surface area contributed by atoms with Crippen LogP contribution in [0.25, 0.3) is 0 Å². The van der Waals surface area contributed by atoms with Crippen LogP contribution in [0.1, 0.15) is 22.5 Å². The third kappa shape index (κ3) is 4.05. The number of Topliss-reactive ketones (excluding diaryl/α,β-unsaturated/α-hetero) is 1. The first-order valence-electron chi connectivity index (χ1n) is 6.34. The highest BCUT2D eigenvalue weighted by molar-refractivity contribution is 7.18. The van der Waals surface area contributed by atoms with Crippen LogP contribution in [-0.2, 0) is 0 Å². The fraction of sp³-hybridized carbons (Fsp3) is 0.615. The summed E-state index contributed by atoms with van der Waals surface area (Å²) in [6.07, 6.45) is 2.63. The number of halogens is 1. The average molecular weight is 287 g/mol. The molecule has 0 spiro atoms. The van der Waals surface area contributed by atoms with Crippen molar-refractivity contribution >= 4 is 28.7 Å². The normalized spacial score (nSPS) is 16.6. The molecule has 0 aromatic carbocycles. The molecule has 0 atom stereocenters. The number of ketones is 1. The van der Waals surface area contributed by atoms with E-state index in [9.17, 15) is 4.79 Å². The second-order valence-electron chi connectivity index (χ2n) is 4.81. The number of likely N-dealkylation sites (N-methyl/N-ethyl adjacent to an activating group) is 1. The van der Waals surface area contributed by atoms with Gasteiger partial charge in [-0.15, -0.1) is 11.3 Å². The zero-order chi connectivity index (χ0) is 13.0. The molecule has 2 heterocycles. The van der Waals surface area contributed by atoms with Gasteiger partial charge in [-0.1, -0.05) is 11.6 Å². The van der Waals surface area contributed by atoms with Gasteiger partial charge in [0, 0.05) is 13.1 Å². The minimum Gasteiger partial charge on any atom is -0.302 e. The minimum atomic E-state index is 0.163. The van der Waals surface area contributed by atoms with Crippen LogP contribution in [0, 0.1) is 0 Å². The summed E-state index contributed by atoms with van der Waals surface area (Å²) in [5, 5.41) is 0. The Morgan fingerprint density at radius 2 is 2.17 bits per heavy atom. The van der Waals surface area contributed by atoms with Gasteiger partial charge in [-0.2, -0.15) is 0 Å². The molecule has 1 fully saturated rings. The molecule has 18 heavy (non-hydrogen) atoms. The molecule has 0 radical (unpaired) electrons. The second-order valence-corrected chi connectivity index (χ2v) is 6.53. The van der Waals surface area contributed by atoms with Gasteiger partial charge in [-0.3, -0.25) is 9.69 Å². The number of rotatable bonds is 6. The SMILES string of the molecule is CN(CCN1CCCC1)CC(=O)c1ccc(Cl)s1. The Morgan fingerprint density at radius 1 is 1.44 bits per heavy atom. The first-order chi connectivity index (χ1) is 8.65. The summed E-state index contributed by atoms with van der Waals surface area (Å²) < 4.78 is 0.679. The topological polar surface area (TPSA) is 23.6 Å². The zero-order valence-electron chi connectivity index (χ0n) is 10.7. The Labute approximate surface area is 117 Å². The summed E-state index contributed by atoms with van der Waals surface area (Å²) in [4.78, 5) is 17.3. The van der Waals surface area contributed by atoms with Crippen LogP contribution in [0.3, 0.4) is 0 Å². The molecular formula is C13H19ClN2OS. The molecule has 100 valence electrons. The number of hydrogen-bond donors (Lipinski definition) is 0. The van der Waals surface area contributed by atoms with E-state index in [4.69, 9.17) is 11.6 Å². The van der Waals surface area contributed by atoms with Gasteiger partial charge in [0.15, 0.2) is 5.78 Å². The Morgan fingerprint density at radius 3 is 2.78 bits per heavy atom. The van der Waals surface area contributed by atoms with Crippen LogP contribution in [0.15, 0.2) is 12.1 Å². The lowest BCUT2D eigenvalue weighted by atomic mass is 10.3. The largest absolute Gasteiger partial charge is 0.302 e. The Kier molecular flexibility index (Phi) is 5.18. The van der Waals surface area contributed by atoms with Crippen molar-refractivity contribution in [1.29, 1.82) is 0 Å². The van der Waals surface area contributed by atoms with Crippen LogP contribution in [0.2, 0.25) is 4.34 Å². The molecule has 0 N–H and O–H groups in total. The molecule has 0 aliphatic carbocycles. The smallest absolute Gasteiger partial charge is 0.186 e. The molecule has 5 heteroatoms. The lowest BCUT2D eigenvalue weighted by Crippen LogP contribution is -2.34. The van der Waals surface area contributed by atoms with Gasteiger partial charge in [0.2, 0.25) is 0 Å². The molecule has 1 aromatic heterocycles. The number of thiophene rings is 1. The third-order valence-corrected chi connectivity index (χ3v) is 4.53. The zero-order valence-corrected chi connectivity index (χ0v) is 12.3. The number of hydrogen-bond acceptors (Lipinski definition) is 4. The van der Waals surface area contributed by atoms with E-state index >= 15 is 0 Å². The summed E-state index contributed by atoms with van der Waals surface area (Å²) in [6.45, 7) is 4.91. The highest BCUT2D eigenvalue weighted by atomic mass is 35.5. The highest BCUT2D eigenvalue weighted by Crippen LogP contribution is 2.21. The van der Waals surface area contributed by atoms with E-state index in [2.05, 4.69) is 9.80 Å². The first kappa shape index (κ1) is 14.0. The number of carbonyl (C=O) groups excluding carboxylic acids is 1. The Bertz CT molecular complexity index is 401. The van der Waals surface area contributed by atoms with Crippen LogP contribution < -0.4 is 0 Å². The van der Waals surface area contributed by atoms with Crippen molar-refractivity contribution in [2.45, 2.75) is 12.8 Å². The summed E-state index contributed by atoms with van der Waals surface area (Å²) in [5.74, 6) is 0.163. The summed E-state index contributed by atoms with van der Waals surface area (Å²) >= 11 is 7.19. The van der Waals surface area contributed by atoms with Gasteiger partial charge in [-0.25, -0.2) is 0 Å². The van der Waals surface area contributed by atoms with Crippen molar-refractivity contribution in [2.24, 2.45) is 0 Å². The first-order valence-corrected chi connectivity index (χ1v) is 7.54. The van der Waals surface area contributed by atoms with E-state index < -0.39 is 0 Å². The van der Waals surface area contributed by atoms with Gasteiger partial charge < -0.3 is 4.90 Å². The standard InChI is InChI=1S/C13H19ClN2OS/c1-15(8-9-16-6-2-3-7-16)10-11(17)12-4-5-13(14)18-12/h4-5H,2-3,6-10H2,1H3. The second kappa shape index (κ2) is 6.66. The minimum absolute atomic E-state index is 0.163. The van der Waals surface area contributed by atoms with E-state index in [0.717, 1.165) is 18.0 Å². The van der Waals surface area contributed by atoms with Gasteiger partial charge in [-0.05, 0) is 45.1 Å². The predicted molar refractivity (Wildman–Crippen MR) is 76.8 cm³/mol. The van der Waals surface area contributed by atoms with Crippen LogP contribution in [-0.4, -0.2) is 55.4 Å². The monoisotopic (exact) mass is 286 g/mol. The van der Waals surface area contributed by atoms with E-state index in [1.165, 1.54) is 37.3 Å². The number of nitrogens with zero attached hydrogens (tertiary/aromatic N) is 2. The summed E-state index contributed by atoms with van der Waals surface area (Å²) in [6, 6.07) is 3.59. The maximum absolute atomic E-state index is 12.0. The third-order valence-electron chi connectivity index (χ3n) is 3.26. The molecule has 1 aromatic rings.